The second-order valence-electron chi connectivity index (χ2n) is 6.61. The largest absolute Gasteiger partial charge is 0.452 e. The summed E-state index contributed by atoms with van der Waals surface area (Å²) in [7, 11) is 0. The Balaban J connectivity index is 1.45. The van der Waals surface area contributed by atoms with E-state index in [4.69, 9.17) is 4.74 Å². The number of thiophene rings is 1. The third-order valence-electron chi connectivity index (χ3n) is 4.41. The van der Waals surface area contributed by atoms with E-state index < -0.39 is 5.97 Å². The Bertz CT molecular complexity index is 1030. The number of carbonyl (C=O) groups excluding carboxylic acids is 3. The maximum atomic E-state index is 12.2. The van der Waals surface area contributed by atoms with E-state index >= 15 is 0 Å². The van der Waals surface area contributed by atoms with Gasteiger partial charge in [0.1, 0.15) is 0 Å². The van der Waals surface area contributed by atoms with Gasteiger partial charge < -0.3 is 15.4 Å². The summed E-state index contributed by atoms with van der Waals surface area (Å²) in [5, 5.41) is 7.30. The van der Waals surface area contributed by atoms with Crippen molar-refractivity contribution in [1.29, 1.82) is 0 Å². The van der Waals surface area contributed by atoms with Gasteiger partial charge in [0.2, 0.25) is 0 Å². The molecule has 0 atom stereocenters. The molecule has 0 unspecified atom stereocenters. The molecule has 0 aliphatic heterocycles. The molecule has 0 saturated heterocycles. The van der Waals surface area contributed by atoms with Gasteiger partial charge in [0.05, 0.1) is 10.4 Å². The average molecular weight is 423 g/mol. The Morgan fingerprint density at radius 2 is 1.83 bits per heavy atom. The van der Waals surface area contributed by atoms with Gasteiger partial charge in [-0.2, -0.15) is 0 Å². The second kappa shape index (κ2) is 10.4. The molecule has 1 aromatic heterocycles. The Morgan fingerprint density at radius 1 is 1.00 bits per heavy atom. The highest BCUT2D eigenvalue weighted by Gasteiger charge is 2.12. The SMILES string of the molecule is Cc1ccccc1CCNC(=O)COC(=O)c1cccc(NC(=O)c2cccs2)c1. The standard InChI is InChI=1S/C23H22N2O4S/c1-16-6-2-3-7-17(16)11-12-24-21(26)15-29-23(28)18-8-4-9-19(14-18)25-22(27)20-10-5-13-30-20/h2-10,13-14H,11-12,15H2,1H3,(H,24,26)(H,25,27). The number of benzene rings is 2. The third kappa shape index (κ3) is 6.02. The van der Waals surface area contributed by atoms with Crippen molar-refractivity contribution in [2.75, 3.05) is 18.5 Å². The number of anilines is 1. The minimum Gasteiger partial charge on any atom is -0.452 e. The molecule has 2 N–H and O–H groups in total. The van der Waals surface area contributed by atoms with Crippen LogP contribution in [0.3, 0.4) is 0 Å². The number of hydrogen-bond donors (Lipinski definition) is 2. The number of ether oxygens (including phenoxy) is 1. The van der Waals surface area contributed by atoms with E-state index in [1.54, 1.807) is 30.3 Å². The van der Waals surface area contributed by atoms with Gasteiger partial charge in [-0.15, -0.1) is 11.3 Å². The zero-order valence-electron chi connectivity index (χ0n) is 16.5. The van der Waals surface area contributed by atoms with Crippen molar-refractivity contribution in [2.24, 2.45) is 0 Å². The molecule has 0 aliphatic carbocycles. The number of amides is 2. The lowest BCUT2D eigenvalue weighted by Gasteiger charge is -2.09. The molecule has 30 heavy (non-hydrogen) atoms. The Morgan fingerprint density at radius 3 is 2.60 bits per heavy atom. The van der Waals surface area contributed by atoms with Crippen LogP contribution in [0.4, 0.5) is 5.69 Å². The van der Waals surface area contributed by atoms with Crippen LogP contribution < -0.4 is 10.6 Å². The minimum atomic E-state index is -0.628. The smallest absolute Gasteiger partial charge is 0.338 e. The Labute approximate surface area is 178 Å². The number of aryl methyl sites for hydroxylation is 1. The van der Waals surface area contributed by atoms with E-state index in [1.165, 1.54) is 23.0 Å². The van der Waals surface area contributed by atoms with Gasteiger partial charge in [0.15, 0.2) is 6.61 Å². The molecule has 0 radical (unpaired) electrons. The minimum absolute atomic E-state index is 0.247. The summed E-state index contributed by atoms with van der Waals surface area (Å²) in [6, 6.07) is 17.9. The second-order valence-corrected chi connectivity index (χ2v) is 7.56. The van der Waals surface area contributed by atoms with Gasteiger partial charge in [0, 0.05) is 12.2 Å². The van der Waals surface area contributed by atoms with E-state index in [2.05, 4.69) is 10.6 Å². The first-order valence-corrected chi connectivity index (χ1v) is 10.3. The molecule has 2 aromatic carbocycles. The molecule has 0 fully saturated rings. The number of nitrogens with one attached hydrogen (secondary N) is 2. The fraction of sp³-hybridized carbons (Fsp3) is 0.174. The van der Waals surface area contributed by atoms with Crippen LogP contribution >= 0.6 is 11.3 Å². The van der Waals surface area contributed by atoms with E-state index in [9.17, 15) is 14.4 Å². The van der Waals surface area contributed by atoms with Crippen molar-refractivity contribution >= 4 is 34.8 Å². The predicted molar refractivity (Wildman–Crippen MR) is 117 cm³/mol. The average Bonchev–Trinajstić information content (AvgIpc) is 3.29. The molecule has 7 heteroatoms. The van der Waals surface area contributed by atoms with Gasteiger partial charge in [-0.1, -0.05) is 36.4 Å². The fourth-order valence-corrected chi connectivity index (χ4v) is 3.44. The zero-order valence-corrected chi connectivity index (χ0v) is 17.3. The van der Waals surface area contributed by atoms with Crippen LogP contribution in [0, 0.1) is 6.92 Å². The van der Waals surface area contributed by atoms with Gasteiger partial charge in [0.25, 0.3) is 11.8 Å². The van der Waals surface area contributed by atoms with Crippen LogP contribution in [0.25, 0.3) is 0 Å². The number of esters is 1. The number of hydrogen-bond acceptors (Lipinski definition) is 5. The van der Waals surface area contributed by atoms with Crippen LogP contribution in [-0.2, 0) is 16.0 Å². The van der Waals surface area contributed by atoms with Crippen molar-refractivity contribution in [3.8, 4) is 0 Å². The van der Waals surface area contributed by atoms with Crippen LogP contribution in [-0.4, -0.2) is 30.9 Å². The number of rotatable bonds is 8. The van der Waals surface area contributed by atoms with Crippen molar-refractivity contribution in [3.63, 3.8) is 0 Å². The summed E-state index contributed by atoms with van der Waals surface area (Å²) in [5.41, 5.74) is 3.07. The zero-order chi connectivity index (χ0) is 21.3. The summed E-state index contributed by atoms with van der Waals surface area (Å²) in [6.45, 7) is 2.12. The van der Waals surface area contributed by atoms with Crippen LogP contribution in [0.2, 0.25) is 0 Å². The first kappa shape index (κ1) is 21.3. The summed E-state index contributed by atoms with van der Waals surface area (Å²) >= 11 is 1.33. The summed E-state index contributed by atoms with van der Waals surface area (Å²) in [6.07, 6.45) is 0.707. The summed E-state index contributed by atoms with van der Waals surface area (Å²) < 4.78 is 5.09. The Hall–Kier alpha value is -3.45. The molecular formula is C23H22N2O4S. The highest BCUT2D eigenvalue weighted by molar-refractivity contribution is 7.12. The lowest BCUT2D eigenvalue weighted by atomic mass is 10.1. The van der Waals surface area contributed by atoms with Gasteiger partial charge in [-0.25, -0.2) is 4.79 Å². The molecule has 0 bridgehead atoms. The molecule has 6 nitrogen and oxygen atoms in total. The predicted octanol–water partition coefficient (Wildman–Crippen LogP) is 3.82. The van der Waals surface area contributed by atoms with E-state index in [0.29, 0.717) is 23.5 Å². The van der Waals surface area contributed by atoms with E-state index in [0.717, 1.165) is 5.56 Å². The highest BCUT2D eigenvalue weighted by Crippen LogP contribution is 2.15. The molecule has 154 valence electrons. The van der Waals surface area contributed by atoms with Gasteiger partial charge in [-0.05, 0) is 54.1 Å². The van der Waals surface area contributed by atoms with Crippen LogP contribution in [0.1, 0.15) is 31.2 Å². The maximum absolute atomic E-state index is 12.2. The lowest BCUT2D eigenvalue weighted by Crippen LogP contribution is -2.30. The number of carbonyl (C=O) groups is 3. The molecule has 0 aliphatic rings. The van der Waals surface area contributed by atoms with Crippen LogP contribution in [0.15, 0.2) is 66.0 Å². The first-order chi connectivity index (χ1) is 14.5. The molecule has 2 amide bonds. The topological polar surface area (TPSA) is 84.5 Å². The van der Waals surface area contributed by atoms with E-state index in [1.807, 2.05) is 36.6 Å². The molecule has 1 heterocycles. The molecule has 3 aromatic rings. The molecule has 0 saturated carbocycles. The van der Waals surface area contributed by atoms with Crippen molar-refractivity contribution < 1.29 is 19.1 Å². The van der Waals surface area contributed by atoms with E-state index in [-0.39, 0.29) is 24.0 Å². The van der Waals surface area contributed by atoms with Crippen molar-refractivity contribution in [2.45, 2.75) is 13.3 Å². The Kier molecular flexibility index (Phi) is 7.34. The van der Waals surface area contributed by atoms with Gasteiger partial charge in [-0.3, -0.25) is 9.59 Å². The maximum Gasteiger partial charge on any atom is 0.338 e. The van der Waals surface area contributed by atoms with Crippen LogP contribution in [0.5, 0.6) is 0 Å². The molecule has 3 rings (SSSR count). The summed E-state index contributed by atoms with van der Waals surface area (Å²) in [5.74, 6) is -1.24. The highest BCUT2D eigenvalue weighted by atomic mass is 32.1. The van der Waals surface area contributed by atoms with Crippen molar-refractivity contribution in [1.82, 2.24) is 5.32 Å². The first-order valence-electron chi connectivity index (χ1n) is 9.46. The van der Waals surface area contributed by atoms with Crippen molar-refractivity contribution in [3.05, 3.63) is 87.6 Å². The quantitative estimate of drug-likeness (QED) is 0.541. The third-order valence-corrected chi connectivity index (χ3v) is 5.28. The monoisotopic (exact) mass is 422 g/mol. The molecule has 0 spiro atoms. The van der Waals surface area contributed by atoms with Gasteiger partial charge >= 0.3 is 5.97 Å². The fourth-order valence-electron chi connectivity index (χ4n) is 2.82. The molecular weight excluding hydrogens is 400 g/mol. The summed E-state index contributed by atoms with van der Waals surface area (Å²) in [4.78, 5) is 36.9. The lowest BCUT2D eigenvalue weighted by molar-refractivity contribution is -0.124. The normalized spacial score (nSPS) is 10.3.